The number of hydrogen-bond acceptors (Lipinski definition) is 3. The fraction of sp³-hybridized carbons (Fsp3) is 0.947. The predicted octanol–water partition coefficient (Wildman–Crippen LogP) is 2.30. The van der Waals surface area contributed by atoms with Crippen LogP contribution < -0.4 is 10.6 Å². The molecule has 3 rings (SSSR count). The van der Waals surface area contributed by atoms with Crippen molar-refractivity contribution in [2.45, 2.75) is 64.3 Å². The molecule has 5 nitrogen and oxygen atoms in total. The summed E-state index contributed by atoms with van der Waals surface area (Å²) in [6, 6.07) is 0.611. The molecule has 3 aliphatic rings. The third-order valence-corrected chi connectivity index (χ3v) is 6.16. The van der Waals surface area contributed by atoms with Crippen molar-refractivity contribution < 1.29 is 9.84 Å². The van der Waals surface area contributed by atoms with Gasteiger partial charge in [-0.05, 0) is 38.0 Å². The molecule has 2 aliphatic carbocycles. The molecule has 0 amide bonds. The van der Waals surface area contributed by atoms with E-state index in [1.807, 2.05) is 0 Å². The van der Waals surface area contributed by atoms with E-state index in [1.165, 1.54) is 38.5 Å². The van der Waals surface area contributed by atoms with E-state index in [4.69, 9.17) is 9.73 Å². The van der Waals surface area contributed by atoms with E-state index in [0.717, 1.165) is 56.9 Å². The molecule has 0 radical (unpaired) electrons. The van der Waals surface area contributed by atoms with Gasteiger partial charge in [0.15, 0.2) is 5.96 Å². The molecule has 1 heterocycles. The largest absolute Gasteiger partial charge is 0.396 e. The van der Waals surface area contributed by atoms with Gasteiger partial charge in [-0.3, -0.25) is 4.99 Å². The Balaban J connectivity index is 1.52. The summed E-state index contributed by atoms with van der Waals surface area (Å²) in [5, 5.41) is 16.4. The number of nitrogens with zero attached hydrogens (tertiary/aromatic N) is 1. The van der Waals surface area contributed by atoms with Crippen LogP contribution in [0.1, 0.15) is 58.3 Å². The maximum atomic E-state index is 9.36. The molecule has 24 heavy (non-hydrogen) atoms. The van der Waals surface area contributed by atoms with Crippen LogP contribution in [-0.4, -0.2) is 50.0 Å². The predicted molar refractivity (Wildman–Crippen MR) is 97.2 cm³/mol. The number of aliphatic hydroxyl groups is 1. The molecule has 3 unspecified atom stereocenters. The number of aliphatic hydroxyl groups excluding tert-OH is 1. The summed E-state index contributed by atoms with van der Waals surface area (Å²) in [5.41, 5.74) is 0.0312. The Morgan fingerprint density at radius 1 is 1.29 bits per heavy atom. The Bertz CT molecular complexity index is 415. The highest BCUT2D eigenvalue weighted by atomic mass is 16.5. The monoisotopic (exact) mass is 337 g/mol. The molecule has 5 heteroatoms. The SMILES string of the molecule is CCNC(=NCC1(CCO)CCOC1)NC1CC1C1CCCCC1. The zero-order chi connectivity index (χ0) is 16.8. The zero-order valence-corrected chi connectivity index (χ0v) is 15.2. The highest BCUT2D eigenvalue weighted by Gasteiger charge is 2.43. The fourth-order valence-corrected chi connectivity index (χ4v) is 4.49. The molecule has 0 aromatic rings. The first kappa shape index (κ1) is 18.0. The Kier molecular flexibility index (Phi) is 6.39. The molecule has 0 bridgehead atoms. The normalized spacial score (nSPS) is 34.3. The average molecular weight is 338 g/mol. The quantitative estimate of drug-likeness (QED) is 0.493. The van der Waals surface area contributed by atoms with Crippen molar-refractivity contribution in [1.29, 1.82) is 0 Å². The summed E-state index contributed by atoms with van der Waals surface area (Å²) in [6.07, 6.45) is 10.2. The van der Waals surface area contributed by atoms with Gasteiger partial charge in [-0.2, -0.15) is 0 Å². The molecule has 1 saturated heterocycles. The second-order valence-corrected chi connectivity index (χ2v) is 8.02. The van der Waals surface area contributed by atoms with E-state index in [-0.39, 0.29) is 12.0 Å². The van der Waals surface area contributed by atoms with E-state index in [0.29, 0.717) is 6.04 Å². The molecule has 138 valence electrons. The number of ether oxygens (including phenoxy) is 1. The van der Waals surface area contributed by atoms with Crippen LogP contribution in [0.2, 0.25) is 0 Å². The van der Waals surface area contributed by atoms with Gasteiger partial charge in [0.25, 0.3) is 0 Å². The number of hydrogen-bond donors (Lipinski definition) is 3. The van der Waals surface area contributed by atoms with E-state index in [1.54, 1.807) is 0 Å². The number of rotatable bonds is 7. The standard InChI is InChI=1S/C19H35N3O2/c1-2-20-18(21-13-19(8-10-23)9-11-24-14-19)22-17-12-16(17)15-6-4-3-5-7-15/h15-17,23H,2-14H2,1H3,(H2,20,21,22). The maximum Gasteiger partial charge on any atom is 0.191 e. The lowest BCUT2D eigenvalue weighted by atomic mass is 9.84. The number of nitrogens with one attached hydrogen (secondary N) is 2. The third kappa shape index (κ3) is 4.63. The van der Waals surface area contributed by atoms with E-state index in [9.17, 15) is 5.11 Å². The molecule has 3 fully saturated rings. The lowest BCUT2D eigenvalue weighted by Crippen LogP contribution is -2.41. The lowest BCUT2D eigenvalue weighted by molar-refractivity contribution is 0.131. The second-order valence-electron chi connectivity index (χ2n) is 8.02. The van der Waals surface area contributed by atoms with Crippen LogP contribution >= 0.6 is 0 Å². The lowest BCUT2D eigenvalue weighted by Gasteiger charge is -2.25. The van der Waals surface area contributed by atoms with E-state index >= 15 is 0 Å². The Hall–Kier alpha value is -0.810. The first-order valence-electron chi connectivity index (χ1n) is 10.00. The summed E-state index contributed by atoms with van der Waals surface area (Å²) in [6.45, 7) is 5.48. The van der Waals surface area contributed by atoms with Gasteiger partial charge in [-0.1, -0.05) is 32.1 Å². The molecular weight excluding hydrogens is 302 g/mol. The maximum absolute atomic E-state index is 9.36. The number of guanidine groups is 1. The molecule has 0 aromatic heterocycles. The van der Waals surface area contributed by atoms with Gasteiger partial charge in [-0.15, -0.1) is 0 Å². The molecule has 1 aliphatic heterocycles. The van der Waals surface area contributed by atoms with Gasteiger partial charge < -0.3 is 20.5 Å². The Morgan fingerprint density at radius 3 is 2.79 bits per heavy atom. The van der Waals surface area contributed by atoms with Gasteiger partial charge in [0.05, 0.1) is 13.2 Å². The van der Waals surface area contributed by atoms with Crippen molar-refractivity contribution in [3.05, 3.63) is 0 Å². The van der Waals surface area contributed by atoms with Crippen LogP contribution in [0.25, 0.3) is 0 Å². The Labute approximate surface area is 146 Å². The minimum Gasteiger partial charge on any atom is -0.396 e. The zero-order valence-electron chi connectivity index (χ0n) is 15.2. The summed E-state index contributed by atoms with van der Waals surface area (Å²) in [4.78, 5) is 4.85. The van der Waals surface area contributed by atoms with E-state index in [2.05, 4.69) is 17.6 Å². The van der Waals surface area contributed by atoms with Gasteiger partial charge in [0, 0.05) is 31.2 Å². The van der Waals surface area contributed by atoms with Crippen molar-refractivity contribution in [2.75, 3.05) is 32.9 Å². The minimum atomic E-state index is 0.0312. The molecule has 0 spiro atoms. The summed E-state index contributed by atoms with van der Waals surface area (Å²) in [7, 11) is 0. The molecule has 3 N–H and O–H groups in total. The highest BCUT2D eigenvalue weighted by Crippen LogP contribution is 2.44. The first-order valence-corrected chi connectivity index (χ1v) is 10.00. The third-order valence-electron chi connectivity index (χ3n) is 6.16. The van der Waals surface area contributed by atoms with Crippen LogP contribution in [0.5, 0.6) is 0 Å². The van der Waals surface area contributed by atoms with Crippen molar-refractivity contribution in [3.63, 3.8) is 0 Å². The summed E-state index contributed by atoms with van der Waals surface area (Å²) in [5.74, 6) is 2.74. The highest BCUT2D eigenvalue weighted by molar-refractivity contribution is 5.80. The molecular formula is C19H35N3O2. The molecule has 3 atom stereocenters. The first-order chi connectivity index (χ1) is 11.8. The van der Waals surface area contributed by atoms with Gasteiger partial charge in [0.2, 0.25) is 0 Å². The van der Waals surface area contributed by atoms with Crippen molar-refractivity contribution >= 4 is 5.96 Å². The van der Waals surface area contributed by atoms with E-state index < -0.39 is 0 Å². The van der Waals surface area contributed by atoms with Crippen LogP contribution in [-0.2, 0) is 4.74 Å². The smallest absolute Gasteiger partial charge is 0.191 e. The van der Waals surface area contributed by atoms with Gasteiger partial charge >= 0.3 is 0 Å². The minimum absolute atomic E-state index is 0.0312. The van der Waals surface area contributed by atoms with Crippen molar-refractivity contribution in [3.8, 4) is 0 Å². The Morgan fingerprint density at radius 2 is 2.12 bits per heavy atom. The fourth-order valence-electron chi connectivity index (χ4n) is 4.49. The van der Waals surface area contributed by atoms with Crippen LogP contribution in [0.3, 0.4) is 0 Å². The second kappa shape index (κ2) is 8.52. The molecule has 2 saturated carbocycles. The average Bonchev–Trinajstić information content (AvgIpc) is 3.22. The van der Waals surface area contributed by atoms with Gasteiger partial charge in [0.1, 0.15) is 0 Å². The summed E-state index contributed by atoms with van der Waals surface area (Å²) >= 11 is 0. The van der Waals surface area contributed by atoms with Gasteiger partial charge in [-0.25, -0.2) is 0 Å². The summed E-state index contributed by atoms with van der Waals surface area (Å²) < 4.78 is 5.57. The molecule has 0 aromatic carbocycles. The van der Waals surface area contributed by atoms with Crippen molar-refractivity contribution in [1.82, 2.24) is 10.6 Å². The topological polar surface area (TPSA) is 65.9 Å². The van der Waals surface area contributed by atoms with Crippen LogP contribution in [0.4, 0.5) is 0 Å². The number of aliphatic imine (C=N–C) groups is 1. The van der Waals surface area contributed by atoms with Crippen LogP contribution in [0.15, 0.2) is 4.99 Å². The van der Waals surface area contributed by atoms with Crippen LogP contribution in [0, 0.1) is 17.3 Å². The van der Waals surface area contributed by atoms with Crippen molar-refractivity contribution in [2.24, 2.45) is 22.2 Å².